The van der Waals surface area contributed by atoms with Gasteiger partial charge in [-0.15, -0.1) is 0 Å². The molecule has 2 heterocycles. The monoisotopic (exact) mass is 981 g/mol. The molecule has 2 aliphatic heterocycles. The van der Waals surface area contributed by atoms with Gasteiger partial charge in [0, 0.05) is 12.0 Å². The lowest BCUT2D eigenvalue weighted by molar-refractivity contribution is -0.374. The second-order valence-corrected chi connectivity index (χ2v) is 20.1. The highest BCUT2D eigenvalue weighted by Crippen LogP contribution is 2.33. The van der Waals surface area contributed by atoms with Crippen LogP contribution in [-0.4, -0.2) is 125 Å². The van der Waals surface area contributed by atoms with Crippen molar-refractivity contribution < 1.29 is 76.0 Å². The molecule has 67 heavy (non-hydrogen) atoms. The number of aliphatic hydroxyl groups excluding tert-OH is 5. The van der Waals surface area contributed by atoms with E-state index in [1.165, 1.54) is 122 Å². The molecule has 0 spiro atoms. The van der Waals surface area contributed by atoms with E-state index in [9.17, 15) is 48.1 Å². The third-order valence-electron chi connectivity index (χ3n) is 13.0. The first-order chi connectivity index (χ1) is 32.2. The predicted octanol–water partition coefficient (Wildman–Crippen LogP) is 8.47. The van der Waals surface area contributed by atoms with Gasteiger partial charge in [0.2, 0.25) is 6.29 Å². The van der Waals surface area contributed by atoms with Gasteiger partial charge in [-0.05, 0) is 25.7 Å². The van der Waals surface area contributed by atoms with Crippen molar-refractivity contribution in [3.05, 3.63) is 11.6 Å². The fourth-order valence-electron chi connectivity index (χ4n) is 8.91. The molecule has 16 nitrogen and oxygen atoms in total. The summed E-state index contributed by atoms with van der Waals surface area (Å²) >= 11 is 0. The van der Waals surface area contributed by atoms with E-state index in [1.807, 2.05) is 6.92 Å². The lowest BCUT2D eigenvalue weighted by Crippen LogP contribution is -2.65. The molecule has 0 bridgehead atoms. The molecule has 6 N–H and O–H groups in total. The molecule has 0 aromatic heterocycles. The Labute approximate surface area is 403 Å². The maximum atomic E-state index is 13.7. The molecule has 394 valence electrons. The van der Waals surface area contributed by atoms with Crippen molar-refractivity contribution in [2.45, 2.75) is 275 Å². The highest BCUT2D eigenvalue weighted by molar-refractivity contribution is 7.80. The molecule has 0 aliphatic carbocycles. The lowest BCUT2D eigenvalue weighted by Gasteiger charge is -2.46. The average Bonchev–Trinajstić information content (AvgIpc) is 3.29. The van der Waals surface area contributed by atoms with E-state index in [-0.39, 0.29) is 17.9 Å². The second-order valence-electron chi connectivity index (χ2n) is 19.1. The molecule has 10 unspecified atom stereocenters. The predicted molar refractivity (Wildman–Crippen MR) is 255 cm³/mol. The molecule has 0 radical (unpaired) electrons. The molecule has 0 aromatic rings. The number of carbonyl (C=O) groups excluding carboxylic acids is 2. The van der Waals surface area contributed by atoms with Crippen LogP contribution in [0.2, 0.25) is 0 Å². The van der Waals surface area contributed by atoms with Crippen molar-refractivity contribution in [1.82, 2.24) is 0 Å². The SMILES string of the molecule is CCCCCCCCCCCCCCCC[C@H](C)/C=C(\C)C(=O)OC1C(O)C(CO)OC(OC2OC(CO)C(O)C(O)C2OS(=O)(=O)O)C1OC(=O)CCCCCCCCCCCCCCC. The summed E-state index contributed by atoms with van der Waals surface area (Å²) in [6.07, 6.45) is 16.1. The fourth-order valence-corrected chi connectivity index (χ4v) is 9.39. The number of rotatable bonds is 39. The number of hydrogen-bond acceptors (Lipinski definition) is 15. The molecule has 2 fully saturated rings. The minimum Gasteiger partial charge on any atom is -0.453 e. The fraction of sp³-hybridized carbons (Fsp3) is 0.920. The van der Waals surface area contributed by atoms with E-state index in [4.69, 9.17) is 23.7 Å². The van der Waals surface area contributed by atoms with E-state index >= 15 is 0 Å². The molecule has 2 aliphatic rings. The standard InChI is InChI=1S/C50H92O16S/c1-5-7-9-11-13-15-17-19-21-22-24-26-28-30-32-37(3)34-38(4)48(57)64-45-43(55)40(36-52)62-50(65-49-46(66-67(58,59)60)44(56)42(54)39(35-51)61-49)47(45)63-41(53)33-31-29-27-25-23-20-18-16-14-12-10-8-6-2/h34,37,39-40,42-47,49-52,54-56H,5-33,35-36H2,1-4H3,(H,58,59,60)/b38-34+/t37-,39?,40?,42?,43?,44?,45?,46?,47?,49?,50?/m0/s1. The van der Waals surface area contributed by atoms with Crippen molar-refractivity contribution in [2.24, 2.45) is 5.92 Å². The van der Waals surface area contributed by atoms with Crippen molar-refractivity contribution in [3.8, 4) is 0 Å². The van der Waals surface area contributed by atoms with Gasteiger partial charge in [-0.3, -0.25) is 9.35 Å². The number of unbranched alkanes of at least 4 members (excludes halogenated alkanes) is 25. The Hall–Kier alpha value is -1.77. The van der Waals surface area contributed by atoms with Crippen LogP contribution in [0.25, 0.3) is 0 Å². The third kappa shape index (κ3) is 25.8. The average molecular weight is 981 g/mol. The smallest absolute Gasteiger partial charge is 0.397 e. The Morgan fingerprint density at radius 3 is 1.40 bits per heavy atom. The molecule has 17 heteroatoms. The number of hydrogen-bond donors (Lipinski definition) is 6. The van der Waals surface area contributed by atoms with Crippen LogP contribution in [0, 0.1) is 5.92 Å². The molecule has 0 saturated carbocycles. The molecule has 2 rings (SSSR count). The number of carbonyl (C=O) groups is 2. The topological polar surface area (TPSA) is 245 Å². The minimum atomic E-state index is -5.30. The summed E-state index contributed by atoms with van der Waals surface area (Å²) in [5.41, 5.74) is 0.228. The van der Waals surface area contributed by atoms with Gasteiger partial charge < -0.3 is 49.2 Å². The Kier molecular flexibility index (Phi) is 33.1. The Bertz CT molecular complexity index is 1430. The van der Waals surface area contributed by atoms with Crippen LogP contribution in [-0.2, 0) is 47.9 Å². The number of aliphatic hydroxyl groups is 5. The molecule has 0 amide bonds. The molecule has 11 atom stereocenters. The number of allylic oxidation sites excluding steroid dienone is 1. The zero-order chi connectivity index (χ0) is 49.5. The quantitative estimate of drug-likeness (QED) is 0.0146. The zero-order valence-electron chi connectivity index (χ0n) is 41.5. The number of ether oxygens (including phenoxy) is 5. The Morgan fingerprint density at radius 1 is 0.567 bits per heavy atom. The first kappa shape index (κ1) is 61.3. The molecular formula is C50H92O16S. The van der Waals surface area contributed by atoms with Gasteiger partial charge in [-0.2, -0.15) is 8.42 Å². The summed E-state index contributed by atoms with van der Waals surface area (Å²) in [6, 6.07) is 0. The minimum absolute atomic E-state index is 0.0177. The summed E-state index contributed by atoms with van der Waals surface area (Å²) in [7, 11) is -5.30. The zero-order valence-corrected chi connectivity index (χ0v) is 42.3. The van der Waals surface area contributed by atoms with Crippen molar-refractivity contribution >= 4 is 22.3 Å². The van der Waals surface area contributed by atoms with Crippen LogP contribution in [0.5, 0.6) is 0 Å². The van der Waals surface area contributed by atoms with Crippen molar-refractivity contribution in [3.63, 3.8) is 0 Å². The van der Waals surface area contributed by atoms with Crippen LogP contribution >= 0.6 is 0 Å². The van der Waals surface area contributed by atoms with Crippen molar-refractivity contribution in [2.75, 3.05) is 13.2 Å². The Morgan fingerprint density at radius 2 is 0.970 bits per heavy atom. The Balaban J connectivity index is 2.08. The van der Waals surface area contributed by atoms with Gasteiger partial charge in [0.05, 0.1) is 13.2 Å². The highest BCUT2D eigenvalue weighted by Gasteiger charge is 2.54. The van der Waals surface area contributed by atoms with E-state index in [1.54, 1.807) is 13.0 Å². The maximum Gasteiger partial charge on any atom is 0.397 e. The third-order valence-corrected chi connectivity index (χ3v) is 13.5. The van der Waals surface area contributed by atoms with Gasteiger partial charge in [0.25, 0.3) is 0 Å². The van der Waals surface area contributed by atoms with Crippen LogP contribution in [0.4, 0.5) is 0 Å². The van der Waals surface area contributed by atoms with Gasteiger partial charge in [0.1, 0.15) is 30.5 Å². The first-order valence-electron chi connectivity index (χ1n) is 26.1. The summed E-state index contributed by atoms with van der Waals surface area (Å²) in [6.45, 7) is 6.31. The van der Waals surface area contributed by atoms with E-state index < -0.39 is 97.0 Å². The summed E-state index contributed by atoms with van der Waals surface area (Å²) in [5.74, 6) is -1.58. The maximum absolute atomic E-state index is 13.7. The highest BCUT2D eigenvalue weighted by atomic mass is 32.3. The summed E-state index contributed by atoms with van der Waals surface area (Å²) in [5, 5.41) is 52.7. The van der Waals surface area contributed by atoms with Crippen LogP contribution < -0.4 is 0 Å². The molecule has 0 aromatic carbocycles. The van der Waals surface area contributed by atoms with E-state index in [2.05, 4.69) is 18.0 Å². The van der Waals surface area contributed by atoms with E-state index in [0.29, 0.717) is 6.42 Å². The van der Waals surface area contributed by atoms with Crippen LogP contribution in [0.3, 0.4) is 0 Å². The summed E-state index contributed by atoms with van der Waals surface area (Å²) in [4.78, 5) is 27.1. The summed E-state index contributed by atoms with van der Waals surface area (Å²) < 4.78 is 66.5. The van der Waals surface area contributed by atoms with Crippen LogP contribution in [0.15, 0.2) is 11.6 Å². The van der Waals surface area contributed by atoms with Gasteiger partial charge in [0.15, 0.2) is 24.6 Å². The first-order valence-corrected chi connectivity index (χ1v) is 27.5. The largest absolute Gasteiger partial charge is 0.453 e. The lowest BCUT2D eigenvalue weighted by atomic mass is 9.97. The number of esters is 2. The normalized spacial score (nSPS) is 26.4. The van der Waals surface area contributed by atoms with Crippen molar-refractivity contribution in [1.29, 1.82) is 0 Å². The van der Waals surface area contributed by atoms with Gasteiger partial charge >= 0.3 is 22.3 Å². The van der Waals surface area contributed by atoms with Gasteiger partial charge in [-0.25, -0.2) is 8.98 Å². The van der Waals surface area contributed by atoms with Gasteiger partial charge in [-0.1, -0.05) is 194 Å². The molecule has 2 saturated heterocycles. The van der Waals surface area contributed by atoms with Crippen LogP contribution in [0.1, 0.15) is 214 Å². The second kappa shape index (κ2) is 36.2. The molecular weight excluding hydrogens is 889 g/mol. The van der Waals surface area contributed by atoms with E-state index in [0.717, 1.165) is 51.4 Å².